The maximum Gasteiger partial charge on any atom is 0.251 e. The summed E-state index contributed by atoms with van der Waals surface area (Å²) < 4.78 is 12.9. The van der Waals surface area contributed by atoms with E-state index in [9.17, 15) is 9.18 Å². The monoisotopic (exact) mass is 263 g/mol. The Morgan fingerprint density at radius 3 is 2.67 bits per heavy atom. The quantitative estimate of drug-likeness (QED) is 0.903. The lowest BCUT2D eigenvalue weighted by Gasteiger charge is -2.05. The summed E-state index contributed by atoms with van der Waals surface area (Å²) >= 11 is 5.84. The van der Waals surface area contributed by atoms with Gasteiger partial charge in [-0.1, -0.05) is 29.8 Å². The molecule has 0 spiro atoms. The summed E-state index contributed by atoms with van der Waals surface area (Å²) in [5.74, 6) is -0.736. The maximum atomic E-state index is 12.9. The molecule has 1 amide bonds. The molecular formula is C14H11ClFNO. The molecule has 0 bridgehead atoms. The van der Waals surface area contributed by atoms with Crippen LogP contribution in [0.1, 0.15) is 15.9 Å². The Balaban J connectivity index is 2.00. The molecule has 2 aromatic rings. The smallest absolute Gasteiger partial charge is 0.251 e. The predicted octanol–water partition coefficient (Wildman–Crippen LogP) is 3.41. The number of carbonyl (C=O) groups is 1. The van der Waals surface area contributed by atoms with E-state index in [0.29, 0.717) is 17.1 Å². The number of nitrogens with one attached hydrogen (secondary N) is 1. The molecule has 18 heavy (non-hydrogen) atoms. The lowest BCUT2D eigenvalue weighted by molar-refractivity contribution is 0.0950. The molecule has 0 aliphatic heterocycles. The van der Waals surface area contributed by atoms with Gasteiger partial charge in [0, 0.05) is 17.1 Å². The highest BCUT2D eigenvalue weighted by molar-refractivity contribution is 6.30. The molecule has 0 atom stereocenters. The van der Waals surface area contributed by atoms with Crippen molar-refractivity contribution in [3.8, 4) is 0 Å². The van der Waals surface area contributed by atoms with Crippen molar-refractivity contribution in [2.24, 2.45) is 0 Å². The van der Waals surface area contributed by atoms with Gasteiger partial charge in [-0.15, -0.1) is 0 Å². The lowest BCUT2D eigenvalue weighted by Crippen LogP contribution is -2.22. The van der Waals surface area contributed by atoms with E-state index in [-0.39, 0.29) is 5.91 Å². The number of rotatable bonds is 3. The topological polar surface area (TPSA) is 29.1 Å². The van der Waals surface area contributed by atoms with E-state index in [4.69, 9.17) is 11.6 Å². The zero-order chi connectivity index (χ0) is 13.0. The van der Waals surface area contributed by atoms with Crippen LogP contribution < -0.4 is 5.32 Å². The van der Waals surface area contributed by atoms with Crippen LogP contribution in [0.25, 0.3) is 0 Å². The van der Waals surface area contributed by atoms with Crippen molar-refractivity contribution < 1.29 is 9.18 Å². The van der Waals surface area contributed by atoms with Gasteiger partial charge in [0.1, 0.15) is 5.82 Å². The van der Waals surface area contributed by atoms with Gasteiger partial charge in [-0.2, -0.15) is 0 Å². The van der Waals surface area contributed by atoms with Crippen LogP contribution in [-0.2, 0) is 6.54 Å². The highest BCUT2D eigenvalue weighted by atomic mass is 35.5. The van der Waals surface area contributed by atoms with Crippen LogP contribution in [0.5, 0.6) is 0 Å². The van der Waals surface area contributed by atoms with E-state index in [0.717, 1.165) is 5.56 Å². The van der Waals surface area contributed by atoms with Gasteiger partial charge in [-0.3, -0.25) is 4.79 Å². The molecule has 0 saturated carbocycles. The maximum absolute atomic E-state index is 12.9. The molecule has 2 nitrogen and oxygen atoms in total. The van der Waals surface area contributed by atoms with Crippen LogP contribution in [0.3, 0.4) is 0 Å². The van der Waals surface area contributed by atoms with E-state index < -0.39 is 5.82 Å². The molecule has 0 aliphatic carbocycles. The Bertz CT molecular complexity index is 571. The first-order valence-electron chi connectivity index (χ1n) is 5.43. The predicted molar refractivity (Wildman–Crippen MR) is 69.0 cm³/mol. The summed E-state index contributed by atoms with van der Waals surface area (Å²) in [6, 6.07) is 12.8. The Labute approximate surface area is 109 Å². The minimum atomic E-state index is -0.426. The number of hydrogen-bond donors (Lipinski definition) is 1. The van der Waals surface area contributed by atoms with E-state index in [1.807, 2.05) is 12.1 Å². The van der Waals surface area contributed by atoms with Gasteiger partial charge in [-0.05, 0) is 35.9 Å². The van der Waals surface area contributed by atoms with Crippen molar-refractivity contribution in [2.75, 3.05) is 0 Å². The molecule has 2 aromatic carbocycles. The summed E-state index contributed by atoms with van der Waals surface area (Å²) in [7, 11) is 0. The number of hydrogen-bond acceptors (Lipinski definition) is 1. The second kappa shape index (κ2) is 5.65. The van der Waals surface area contributed by atoms with E-state index in [1.54, 1.807) is 18.2 Å². The van der Waals surface area contributed by atoms with Crippen LogP contribution in [0, 0.1) is 5.82 Å². The minimum Gasteiger partial charge on any atom is -0.348 e. The van der Waals surface area contributed by atoms with Gasteiger partial charge in [0.15, 0.2) is 0 Å². The third-order valence-corrected chi connectivity index (χ3v) is 2.66. The fourth-order valence-electron chi connectivity index (χ4n) is 1.56. The third kappa shape index (κ3) is 3.31. The van der Waals surface area contributed by atoms with E-state index in [2.05, 4.69) is 5.32 Å². The van der Waals surface area contributed by atoms with Crippen LogP contribution in [-0.4, -0.2) is 5.91 Å². The van der Waals surface area contributed by atoms with Crippen molar-refractivity contribution in [3.63, 3.8) is 0 Å². The zero-order valence-corrected chi connectivity index (χ0v) is 10.2. The normalized spacial score (nSPS) is 10.1. The van der Waals surface area contributed by atoms with Crippen LogP contribution in [0.15, 0.2) is 48.5 Å². The third-order valence-electron chi connectivity index (χ3n) is 2.43. The number of amides is 1. The fraction of sp³-hybridized carbons (Fsp3) is 0.0714. The molecule has 0 fully saturated rings. The molecule has 1 N–H and O–H groups in total. The van der Waals surface area contributed by atoms with Crippen molar-refractivity contribution in [3.05, 3.63) is 70.5 Å². The first-order chi connectivity index (χ1) is 8.65. The molecule has 0 aliphatic rings. The zero-order valence-electron chi connectivity index (χ0n) is 9.49. The Morgan fingerprint density at radius 1 is 1.17 bits per heavy atom. The average Bonchev–Trinajstić information content (AvgIpc) is 2.36. The van der Waals surface area contributed by atoms with Gasteiger partial charge >= 0.3 is 0 Å². The molecule has 0 radical (unpaired) electrons. The second-order valence-electron chi connectivity index (χ2n) is 3.82. The summed E-state index contributed by atoms with van der Waals surface area (Å²) in [6.45, 7) is 0.357. The number of carbonyl (C=O) groups excluding carboxylic acids is 1. The number of benzene rings is 2. The summed E-state index contributed by atoms with van der Waals surface area (Å²) in [5.41, 5.74) is 1.20. The van der Waals surface area contributed by atoms with Crippen molar-refractivity contribution in [2.45, 2.75) is 6.54 Å². The van der Waals surface area contributed by atoms with Crippen LogP contribution in [0.4, 0.5) is 4.39 Å². The molecule has 0 saturated heterocycles. The van der Waals surface area contributed by atoms with Gasteiger partial charge in [0.25, 0.3) is 5.91 Å². The molecule has 2 rings (SSSR count). The van der Waals surface area contributed by atoms with E-state index >= 15 is 0 Å². The van der Waals surface area contributed by atoms with E-state index in [1.165, 1.54) is 18.2 Å². The molecule has 92 valence electrons. The van der Waals surface area contributed by atoms with Gasteiger partial charge < -0.3 is 5.32 Å². The molecule has 0 unspecified atom stereocenters. The van der Waals surface area contributed by atoms with Gasteiger partial charge in [-0.25, -0.2) is 4.39 Å². The summed E-state index contributed by atoms with van der Waals surface area (Å²) in [4.78, 5) is 11.7. The van der Waals surface area contributed by atoms with Crippen molar-refractivity contribution in [1.29, 1.82) is 0 Å². The Kier molecular flexibility index (Phi) is 3.95. The van der Waals surface area contributed by atoms with Crippen molar-refractivity contribution >= 4 is 17.5 Å². The molecule has 0 heterocycles. The Hall–Kier alpha value is -1.87. The van der Waals surface area contributed by atoms with Gasteiger partial charge in [0.05, 0.1) is 0 Å². The SMILES string of the molecule is O=C(NCc1cccc(Cl)c1)c1cccc(F)c1. The first-order valence-corrected chi connectivity index (χ1v) is 5.81. The van der Waals surface area contributed by atoms with Crippen molar-refractivity contribution in [1.82, 2.24) is 5.32 Å². The Morgan fingerprint density at radius 2 is 1.94 bits per heavy atom. The first kappa shape index (κ1) is 12.6. The standard InChI is InChI=1S/C14H11ClFNO/c15-12-5-1-3-10(7-12)9-17-14(18)11-4-2-6-13(16)8-11/h1-8H,9H2,(H,17,18). The molecular weight excluding hydrogens is 253 g/mol. The van der Waals surface area contributed by atoms with Crippen LogP contribution >= 0.6 is 11.6 Å². The minimum absolute atomic E-state index is 0.303. The molecule has 4 heteroatoms. The summed E-state index contributed by atoms with van der Waals surface area (Å²) in [5, 5.41) is 3.32. The number of halogens is 2. The second-order valence-corrected chi connectivity index (χ2v) is 4.26. The van der Waals surface area contributed by atoms with Gasteiger partial charge in [0.2, 0.25) is 0 Å². The fourth-order valence-corrected chi connectivity index (χ4v) is 1.77. The lowest BCUT2D eigenvalue weighted by atomic mass is 10.2. The highest BCUT2D eigenvalue weighted by Crippen LogP contribution is 2.10. The summed E-state index contributed by atoms with van der Waals surface area (Å²) in [6.07, 6.45) is 0. The average molecular weight is 264 g/mol. The largest absolute Gasteiger partial charge is 0.348 e. The van der Waals surface area contributed by atoms with Crippen LogP contribution in [0.2, 0.25) is 5.02 Å². The molecule has 0 aromatic heterocycles. The highest BCUT2D eigenvalue weighted by Gasteiger charge is 2.05.